The lowest BCUT2D eigenvalue weighted by Gasteiger charge is -2.17. The SMILES string of the molecule is CC(C)Oc1ccccc1NC(=O)c1cccc(NC2=C(Cl)C(=O)N(c3cc(Cl)ccc3Cl)C2=O)c1. The Morgan fingerprint density at radius 2 is 1.67 bits per heavy atom. The van der Waals surface area contributed by atoms with E-state index >= 15 is 0 Å². The van der Waals surface area contributed by atoms with Gasteiger partial charge in [0.1, 0.15) is 16.5 Å². The van der Waals surface area contributed by atoms with Crippen LogP contribution in [0.3, 0.4) is 0 Å². The first kappa shape index (κ1) is 25.6. The maximum Gasteiger partial charge on any atom is 0.283 e. The van der Waals surface area contributed by atoms with Gasteiger partial charge in [-0.15, -0.1) is 0 Å². The van der Waals surface area contributed by atoms with Crippen molar-refractivity contribution < 1.29 is 19.1 Å². The molecule has 1 heterocycles. The number of amides is 3. The molecule has 0 saturated heterocycles. The third-order valence-electron chi connectivity index (χ3n) is 5.07. The first-order valence-electron chi connectivity index (χ1n) is 10.8. The molecule has 0 atom stereocenters. The first-order chi connectivity index (χ1) is 17.2. The van der Waals surface area contributed by atoms with E-state index < -0.39 is 11.8 Å². The summed E-state index contributed by atoms with van der Waals surface area (Å²) in [6.07, 6.45) is -0.0679. The van der Waals surface area contributed by atoms with E-state index in [1.54, 1.807) is 36.4 Å². The number of nitrogens with zero attached hydrogens (tertiary/aromatic N) is 1. The van der Waals surface area contributed by atoms with Gasteiger partial charge in [-0.05, 0) is 62.4 Å². The van der Waals surface area contributed by atoms with Crippen molar-refractivity contribution in [1.82, 2.24) is 0 Å². The first-order valence-corrected chi connectivity index (χ1v) is 12.0. The summed E-state index contributed by atoms with van der Waals surface area (Å²) in [4.78, 5) is 39.6. The number of hydrogen-bond acceptors (Lipinski definition) is 5. The second-order valence-electron chi connectivity index (χ2n) is 8.05. The number of rotatable bonds is 7. The molecule has 3 amide bonds. The van der Waals surface area contributed by atoms with E-state index in [1.807, 2.05) is 19.9 Å². The minimum atomic E-state index is -0.746. The number of hydrogen-bond donors (Lipinski definition) is 2. The van der Waals surface area contributed by atoms with Crippen LogP contribution in [0.25, 0.3) is 0 Å². The van der Waals surface area contributed by atoms with Crippen molar-refractivity contribution in [2.45, 2.75) is 20.0 Å². The van der Waals surface area contributed by atoms with Gasteiger partial charge in [0, 0.05) is 16.3 Å². The van der Waals surface area contributed by atoms with Crippen LogP contribution < -0.4 is 20.3 Å². The summed E-state index contributed by atoms with van der Waals surface area (Å²) < 4.78 is 5.75. The summed E-state index contributed by atoms with van der Waals surface area (Å²) in [5, 5.41) is 5.83. The molecule has 3 aromatic rings. The third-order valence-corrected chi connectivity index (χ3v) is 5.97. The van der Waals surface area contributed by atoms with Crippen LogP contribution in [-0.2, 0) is 9.59 Å². The molecule has 4 rings (SSSR count). The fourth-order valence-electron chi connectivity index (χ4n) is 3.49. The molecule has 10 heteroatoms. The average molecular weight is 545 g/mol. The van der Waals surface area contributed by atoms with Crippen LogP contribution in [0.4, 0.5) is 17.1 Å². The van der Waals surface area contributed by atoms with E-state index in [4.69, 9.17) is 39.5 Å². The summed E-state index contributed by atoms with van der Waals surface area (Å²) >= 11 is 18.4. The number of halogens is 3. The highest BCUT2D eigenvalue weighted by Gasteiger charge is 2.40. The van der Waals surface area contributed by atoms with Crippen LogP contribution in [0.1, 0.15) is 24.2 Å². The van der Waals surface area contributed by atoms with Crippen molar-refractivity contribution in [3.63, 3.8) is 0 Å². The summed E-state index contributed by atoms with van der Waals surface area (Å²) in [6.45, 7) is 3.79. The summed E-state index contributed by atoms with van der Waals surface area (Å²) in [6, 6.07) is 17.9. The predicted molar refractivity (Wildman–Crippen MR) is 142 cm³/mol. The molecule has 2 N–H and O–H groups in total. The van der Waals surface area contributed by atoms with Crippen LogP contribution in [0.2, 0.25) is 10.0 Å². The number of benzene rings is 3. The zero-order chi connectivity index (χ0) is 26.0. The van der Waals surface area contributed by atoms with Gasteiger partial charge in [-0.1, -0.05) is 53.0 Å². The molecule has 1 aliphatic heterocycles. The van der Waals surface area contributed by atoms with E-state index in [9.17, 15) is 14.4 Å². The van der Waals surface area contributed by atoms with E-state index in [0.717, 1.165) is 4.90 Å². The Morgan fingerprint density at radius 3 is 2.42 bits per heavy atom. The Labute approximate surface area is 222 Å². The Hall–Kier alpha value is -3.52. The van der Waals surface area contributed by atoms with Gasteiger partial charge in [0.05, 0.1) is 22.5 Å². The van der Waals surface area contributed by atoms with Crippen molar-refractivity contribution in [3.05, 3.63) is 93.1 Å². The minimum absolute atomic E-state index is 0.0679. The standard InChI is InChI=1S/C26H20Cl3N3O4/c1-14(2)36-21-9-4-3-8-19(21)31-24(33)15-6-5-7-17(12-15)30-23-22(29)25(34)32(26(23)35)20-13-16(27)10-11-18(20)28/h3-14,30H,1-2H3,(H,31,33). The number of anilines is 3. The zero-order valence-electron chi connectivity index (χ0n) is 19.1. The molecule has 1 aliphatic rings. The number of nitrogens with one attached hydrogen (secondary N) is 2. The van der Waals surface area contributed by atoms with Gasteiger partial charge in [-0.25, -0.2) is 4.90 Å². The van der Waals surface area contributed by atoms with Gasteiger partial charge in [0.25, 0.3) is 17.7 Å². The van der Waals surface area contributed by atoms with Gasteiger partial charge < -0.3 is 15.4 Å². The lowest BCUT2D eigenvalue weighted by Crippen LogP contribution is -2.32. The number of carbonyl (C=O) groups is 3. The normalized spacial score (nSPS) is 13.4. The Bertz CT molecular complexity index is 1400. The molecule has 0 bridgehead atoms. The minimum Gasteiger partial charge on any atom is -0.489 e. The smallest absolute Gasteiger partial charge is 0.283 e. The molecule has 184 valence electrons. The van der Waals surface area contributed by atoms with Crippen molar-refractivity contribution in [2.24, 2.45) is 0 Å². The number of imide groups is 1. The Balaban J connectivity index is 1.55. The molecule has 0 aliphatic carbocycles. The lowest BCUT2D eigenvalue weighted by atomic mass is 10.1. The van der Waals surface area contributed by atoms with Gasteiger partial charge >= 0.3 is 0 Å². The predicted octanol–water partition coefficient (Wildman–Crippen LogP) is 6.47. The van der Waals surface area contributed by atoms with Crippen molar-refractivity contribution in [3.8, 4) is 5.75 Å². The van der Waals surface area contributed by atoms with Crippen molar-refractivity contribution >= 4 is 69.6 Å². The van der Waals surface area contributed by atoms with E-state index in [2.05, 4.69) is 10.6 Å². The molecule has 0 spiro atoms. The van der Waals surface area contributed by atoms with Gasteiger partial charge in [-0.2, -0.15) is 0 Å². The summed E-state index contributed by atoms with van der Waals surface area (Å²) in [5.74, 6) is -1.30. The van der Waals surface area contributed by atoms with Crippen LogP contribution in [0.5, 0.6) is 5.75 Å². The highest BCUT2D eigenvalue weighted by Crippen LogP contribution is 2.36. The molecule has 7 nitrogen and oxygen atoms in total. The van der Waals surface area contributed by atoms with Crippen LogP contribution in [-0.4, -0.2) is 23.8 Å². The number of ether oxygens (including phenoxy) is 1. The monoisotopic (exact) mass is 543 g/mol. The topological polar surface area (TPSA) is 87.7 Å². The quantitative estimate of drug-likeness (QED) is 0.333. The van der Waals surface area contributed by atoms with Gasteiger partial charge in [-0.3, -0.25) is 14.4 Å². The van der Waals surface area contributed by atoms with Crippen LogP contribution >= 0.6 is 34.8 Å². The lowest BCUT2D eigenvalue weighted by molar-refractivity contribution is -0.120. The average Bonchev–Trinajstić information content (AvgIpc) is 3.05. The highest BCUT2D eigenvalue weighted by molar-refractivity contribution is 6.54. The van der Waals surface area contributed by atoms with E-state index in [1.165, 1.54) is 24.3 Å². The summed E-state index contributed by atoms with van der Waals surface area (Å²) in [7, 11) is 0. The van der Waals surface area contributed by atoms with Crippen molar-refractivity contribution in [2.75, 3.05) is 15.5 Å². The maximum absolute atomic E-state index is 13.1. The van der Waals surface area contributed by atoms with Gasteiger partial charge in [0.15, 0.2) is 0 Å². The van der Waals surface area contributed by atoms with Gasteiger partial charge in [0.2, 0.25) is 0 Å². The molecule has 0 fully saturated rings. The molecular formula is C26H20Cl3N3O4. The van der Waals surface area contributed by atoms with E-state index in [0.29, 0.717) is 27.7 Å². The van der Waals surface area contributed by atoms with Crippen molar-refractivity contribution in [1.29, 1.82) is 0 Å². The Kier molecular flexibility index (Phi) is 7.54. The highest BCUT2D eigenvalue weighted by atomic mass is 35.5. The second-order valence-corrected chi connectivity index (χ2v) is 9.27. The third kappa shape index (κ3) is 5.33. The molecule has 0 aromatic heterocycles. The van der Waals surface area contributed by atoms with E-state index in [-0.39, 0.29) is 33.5 Å². The molecule has 36 heavy (non-hydrogen) atoms. The maximum atomic E-state index is 13.1. The molecule has 0 radical (unpaired) electrons. The molecular weight excluding hydrogens is 525 g/mol. The zero-order valence-corrected chi connectivity index (χ0v) is 21.4. The molecule has 0 saturated carbocycles. The fourth-order valence-corrected chi connectivity index (χ4v) is 4.07. The second kappa shape index (κ2) is 10.6. The molecule has 0 unspecified atom stereocenters. The Morgan fingerprint density at radius 1 is 0.917 bits per heavy atom. The fraction of sp³-hybridized carbons (Fsp3) is 0.115. The largest absolute Gasteiger partial charge is 0.489 e. The number of para-hydroxylation sites is 2. The number of carbonyl (C=O) groups excluding carboxylic acids is 3. The summed E-state index contributed by atoms with van der Waals surface area (Å²) in [5.41, 5.74) is 1.17. The van der Waals surface area contributed by atoms with Crippen LogP contribution in [0.15, 0.2) is 77.5 Å². The van der Waals surface area contributed by atoms with Crippen LogP contribution in [0, 0.1) is 0 Å². The molecule has 3 aromatic carbocycles.